The highest BCUT2D eigenvalue weighted by atomic mass is 16.6. The number of piperazine rings is 1. The fraction of sp³-hybridized carbons (Fsp3) is 1.00. The summed E-state index contributed by atoms with van der Waals surface area (Å²) in [5, 5.41) is 0. The van der Waals surface area contributed by atoms with E-state index in [-0.39, 0.29) is 24.9 Å². The normalized spacial score (nSPS) is 37.9. The van der Waals surface area contributed by atoms with E-state index in [1.165, 1.54) is 0 Å². The van der Waals surface area contributed by atoms with E-state index in [1.54, 1.807) is 28.4 Å². The molecular weight excluding hydrogens is 212 g/mol. The average molecular weight is 234 g/mol. The summed E-state index contributed by atoms with van der Waals surface area (Å²) in [7, 11) is 10.5. The minimum atomic E-state index is -0.189. The zero-order valence-electron chi connectivity index (χ0n) is 10.8. The van der Waals surface area contributed by atoms with E-state index in [9.17, 15) is 0 Å². The predicted molar refractivity (Wildman–Crippen MR) is 58.7 cm³/mol. The lowest BCUT2D eigenvalue weighted by Gasteiger charge is -2.50. The minimum Gasteiger partial charge on any atom is -0.362 e. The van der Waals surface area contributed by atoms with Gasteiger partial charge < -0.3 is 18.9 Å². The molecule has 0 amide bonds. The van der Waals surface area contributed by atoms with Gasteiger partial charge in [0.2, 0.25) is 0 Å². The fourth-order valence-corrected chi connectivity index (χ4v) is 2.22. The third-order valence-electron chi connectivity index (χ3n) is 3.06. The Morgan fingerprint density at radius 3 is 0.875 bits per heavy atom. The Balaban J connectivity index is 2.92. The summed E-state index contributed by atoms with van der Waals surface area (Å²) in [5.41, 5.74) is 0. The zero-order valence-corrected chi connectivity index (χ0v) is 10.8. The van der Waals surface area contributed by atoms with Crippen LogP contribution in [0.3, 0.4) is 0 Å². The predicted octanol–water partition coefficient (Wildman–Crippen LogP) is -0.246. The highest BCUT2D eigenvalue weighted by Gasteiger charge is 2.45. The number of ether oxygens (including phenoxy) is 4. The van der Waals surface area contributed by atoms with Crippen LogP contribution in [0.5, 0.6) is 0 Å². The molecule has 1 aliphatic rings. The van der Waals surface area contributed by atoms with Gasteiger partial charge in [0.25, 0.3) is 0 Å². The van der Waals surface area contributed by atoms with E-state index in [0.717, 1.165) is 0 Å². The summed E-state index contributed by atoms with van der Waals surface area (Å²) in [6, 6.07) is 0. The summed E-state index contributed by atoms with van der Waals surface area (Å²) in [6.07, 6.45) is -0.754. The second-order valence-corrected chi connectivity index (χ2v) is 3.84. The number of nitrogens with zero attached hydrogens (tertiary/aromatic N) is 2. The van der Waals surface area contributed by atoms with Crippen LogP contribution in [-0.4, -0.2) is 77.2 Å². The van der Waals surface area contributed by atoms with Crippen molar-refractivity contribution in [3.8, 4) is 0 Å². The second-order valence-electron chi connectivity index (χ2n) is 3.84. The first-order valence-electron chi connectivity index (χ1n) is 5.17. The molecule has 1 rings (SSSR count). The van der Waals surface area contributed by atoms with Gasteiger partial charge in [0.15, 0.2) is 24.9 Å². The van der Waals surface area contributed by atoms with Crippen LogP contribution in [0.15, 0.2) is 0 Å². The van der Waals surface area contributed by atoms with Crippen molar-refractivity contribution in [1.82, 2.24) is 9.80 Å². The standard InChI is InChI=1S/C10H22N2O4/c1-11-7(13-3)9(15-5)12(2)10(16-6)8(11)14-4/h7-10H,1-6H3. The van der Waals surface area contributed by atoms with Crippen LogP contribution in [-0.2, 0) is 18.9 Å². The molecular formula is C10H22N2O4. The maximum Gasteiger partial charge on any atom is 0.152 e. The lowest BCUT2D eigenvalue weighted by molar-refractivity contribution is -0.306. The number of hydrogen-bond donors (Lipinski definition) is 0. The van der Waals surface area contributed by atoms with Crippen LogP contribution in [0.1, 0.15) is 0 Å². The van der Waals surface area contributed by atoms with Crippen LogP contribution in [0, 0.1) is 0 Å². The molecule has 0 N–H and O–H groups in total. The molecule has 1 aliphatic heterocycles. The third-order valence-corrected chi connectivity index (χ3v) is 3.06. The molecule has 0 bridgehead atoms. The molecule has 0 spiro atoms. The van der Waals surface area contributed by atoms with E-state index in [4.69, 9.17) is 18.9 Å². The van der Waals surface area contributed by atoms with Crippen LogP contribution >= 0.6 is 0 Å². The number of rotatable bonds is 4. The molecule has 4 unspecified atom stereocenters. The van der Waals surface area contributed by atoms with E-state index in [2.05, 4.69) is 0 Å². The average Bonchev–Trinajstić information content (AvgIpc) is 2.30. The molecule has 16 heavy (non-hydrogen) atoms. The molecule has 0 aromatic heterocycles. The minimum absolute atomic E-state index is 0.189. The Bertz CT molecular complexity index is 175. The first kappa shape index (κ1) is 13.8. The number of hydrogen-bond acceptors (Lipinski definition) is 6. The molecule has 0 saturated carbocycles. The third kappa shape index (κ3) is 2.22. The van der Waals surface area contributed by atoms with Gasteiger partial charge in [0.1, 0.15) is 0 Å². The first-order valence-corrected chi connectivity index (χ1v) is 5.17. The largest absolute Gasteiger partial charge is 0.362 e. The Morgan fingerprint density at radius 1 is 0.562 bits per heavy atom. The SMILES string of the molecule is COC1C(OC)N(C)C(OC)C(OC)N1C. The highest BCUT2D eigenvalue weighted by Crippen LogP contribution is 2.26. The maximum atomic E-state index is 5.43. The van der Waals surface area contributed by atoms with Crippen molar-refractivity contribution in [2.75, 3.05) is 42.5 Å². The van der Waals surface area contributed by atoms with Gasteiger partial charge in [-0.3, -0.25) is 0 Å². The Kier molecular flexibility index (Phi) is 5.10. The first-order chi connectivity index (χ1) is 7.62. The molecule has 4 atom stereocenters. The van der Waals surface area contributed by atoms with Gasteiger partial charge in [0.05, 0.1) is 0 Å². The van der Waals surface area contributed by atoms with Crippen LogP contribution in [0.4, 0.5) is 0 Å². The smallest absolute Gasteiger partial charge is 0.152 e. The summed E-state index contributed by atoms with van der Waals surface area (Å²) < 4.78 is 21.7. The van der Waals surface area contributed by atoms with Crippen molar-refractivity contribution in [3.05, 3.63) is 0 Å². The summed E-state index contributed by atoms with van der Waals surface area (Å²) in [4.78, 5) is 3.92. The highest BCUT2D eigenvalue weighted by molar-refractivity contribution is 4.84. The molecule has 6 heteroatoms. The van der Waals surface area contributed by atoms with E-state index in [0.29, 0.717) is 0 Å². The van der Waals surface area contributed by atoms with E-state index >= 15 is 0 Å². The summed E-state index contributed by atoms with van der Waals surface area (Å²) >= 11 is 0. The summed E-state index contributed by atoms with van der Waals surface area (Å²) in [5.74, 6) is 0. The lowest BCUT2D eigenvalue weighted by Crippen LogP contribution is -2.68. The molecule has 1 saturated heterocycles. The molecule has 96 valence electrons. The van der Waals surface area contributed by atoms with Crippen molar-refractivity contribution in [2.45, 2.75) is 24.9 Å². The maximum absolute atomic E-state index is 5.43. The van der Waals surface area contributed by atoms with Crippen molar-refractivity contribution in [3.63, 3.8) is 0 Å². The van der Waals surface area contributed by atoms with Crippen molar-refractivity contribution >= 4 is 0 Å². The quantitative estimate of drug-likeness (QED) is 0.668. The van der Waals surface area contributed by atoms with Gasteiger partial charge in [-0.15, -0.1) is 0 Å². The van der Waals surface area contributed by atoms with Gasteiger partial charge in [-0.05, 0) is 14.1 Å². The van der Waals surface area contributed by atoms with E-state index in [1.807, 2.05) is 23.9 Å². The second kappa shape index (κ2) is 5.90. The van der Waals surface area contributed by atoms with Crippen LogP contribution in [0.25, 0.3) is 0 Å². The zero-order chi connectivity index (χ0) is 12.3. The van der Waals surface area contributed by atoms with Gasteiger partial charge in [-0.25, -0.2) is 9.80 Å². The molecule has 0 radical (unpaired) electrons. The molecule has 1 fully saturated rings. The lowest BCUT2D eigenvalue weighted by atomic mass is 10.2. The molecule has 1 heterocycles. The van der Waals surface area contributed by atoms with Gasteiger partial charge in [-0.1, -0.05) is 0 Å². The number of methoxy groups -OCH3 is 4. The summed E-state index contributed by atoms with van der Waals surface area (Å²) in [6.45, 7) is 0. The monoisotopic (exact) mass is 234 g/mol. The molecule has 0 aromatic rings. The van der Waals surface area contributed by atoms with Crippen molar-refractivity contribution in [1.29, 1.82) is 0 Å². The van der Waals surface area contributed by atoms with Crippen molar-refractivity contribution < 1.29 is 18.9 Å². The van der Waals surface area contributed by atoms with Gasteiger partial charge in [-0.2, -0.15) is 0 Å². The molecule has 0 aliphatic carbocycles. The molecule has 0 aromatic carbocycles. The Hall–Kier alpha value is -0.240. The van der Waals surface area contributed by atoms with Crippen molar-refractivity contribution in [2.24, 2.45) is 0 Å². The molecule has 6 nitrogen and oxygen atoms in total. The topological polar surface area (TPSA) is 43.4 Å². The van der Waals surface area contributed by atoms with Gasteiger partial charge in [0, 0.05) is 28.4 Å². The van der Waals surface area contributed by atoms with E-state index < -0.39 is 0 Å². The fourth-order valence-electron chi connectivity index (χ4n) is 2.22. The van der Waals surface area contributed by atoms with Crippen LogP contribution < -0.4 is 0 Å². The van der Waals surface area contributed by atoms with Gasteiger partial charge >= 0.3 is 0 Å². The Labute approximate surface area is 97.0 Å². The Morgan fingerprint density at radius 2 is 0.750 bits per heavy atom. The van der Waals surface area contributed by atoms with Crippen LogP contribution in [0.2, 0.25) is 0 Å². The number of likely N-dealkylation sites (N-methyl/N-ethyl adjacent to an activating group) is 2.